The van der Waals surface area contributed by atoms with Gasteiger partial charge in [0.15, 0.2) is 5.84 Å². The van der Waals surface area contributed by atoms with E-state index in [1.165, 1.54) is 12.8 Å². The van der Waals surface area contributed by atoms with Gasteiger partial charge in [0.1, 0.15) is 6.10 Å². The molecule has 0 saturated heterocycles. The highest BCUT2D eigenvalue weighted by molar-refractivity contribution is 5.83. The number of hydrogen-bond acceptors (Lipinski definition) is 3. The number of ether oxygens (including phenoxy) is 1. The number of nitrogens with two attached hydrogens (primary N) is 1. The van der Waals surface area contributed by atoms with Crippen molar-refractivity contribution < 1.29 is 9.94 Å². The molecule has 4 heteroatoms. The quantitative estimate of drug-likeness (QED) is 0.280. The predicted molar refractivity (Wildman–Crippen MR) is 46.2 cm³/mol. The van der Waals surface area contributed by atoms with Gasteiger partial charge in [-0.2, -0.15) is 0 Å². The summed E-state index contributed by atoms with van der Waals surface area (Å²) in [5, 5.41) is 11.2. The molecule has 12 heavy (non-hydrogen) atoms. The Labute approximate surface area is 72.4 Å². The number of nitrogens with zero attached hydrogens (tertiary/aromatic N) is 1. The van der Waals surface area contributed by atoms with Gasteiger partial charge in [0, 0.05) is 6.61 Å². The molecule has 4 nitrogen and oxygen atoms in total. The van der Waals surface area contributed by atoms with Crippen LogP contribution >= 0.6 is 0 Å². The minimum Gasteiger partial charge on any atom is -0.409 e. The summed E-state index contributed by atoms with van der Waals surface area (Å²) in [6.07, 6.45) is 3.50. The van der Waals surface area contributed by atoms with E-state index < -0.39 is 0 Å². The SMILES string of the molecule is CC(OCCC1CC1)C(N)=NO. The second kappa shape index (κ2) is 4.30. The van der Waals surface area contributed by atoms with Crippen LogP contribution < -0.4 is 5.73 Å². The van der Waals surface area contributed by atoms with Gasteiger partial charge in [0.2, 0.25) is 0 Å². The van der Waals surface area contributed by atoms with Crippen LogP contribution in [-0.2, 0) is 4.74 Å². The maximum Gasteiger partial charge on any atom is 0.168 e. The standard InChI is InChI=1S/C8H16N2O2/c1-6(8(9)10-11)12-5-4-7-2-3-7/h6-7,11H,2-5H2,1H3,(H2,9,10). The monoisotopic (exact) mass is 172 g/mol. The highest BCUT2D eigenvalue weighted by atomic mass is 16.5. The fourth-order valence-corrected chi connectivity index (χ4v) is 0.985. The molecule has 1 unspecified atom stereocenters. The Morgan fingerprint density at radius 2 is 2.42 bits per heavy atom. The lowest BCUT2D eigenvalue weighted by molar-refractivity contribution is 0.101. The minimum absolute atomic E-state index is 0.144. The smallest absolute Gasteiger partial charge is 0.168 e. The Hall–Kier alpha value is -0.770. The Kier molecular flexibility index (Phi) is 3.34. The molecular formula is C8H16N2O2. The average molecular weight is 172 g/mol. The van der Waals surface area contributed by atoms with E-state index in [0.29, 0.717) is 6.61 Å². The van der Waals surface area contributed by atoms with Crippen LogP contribution in [-0.4, -0.2) is 23.8 Å². The van der Waals surface area contributed by atoms with E-state index in [4.69, 9.17) is 15.7 Å². The molecule has 0 aromatic rings. The molecule has 1 atom stereocenters. The Bertz CT molecular complexity index is 166. The van der Waals surface area contributed by atoms with Gasteiger partial charge in [-0.05, 0) is 19.3 Å². The van der Waals surface area contributed by atoms with Crippen LogP contribution in [0.3, 0.4) is 0 Å². The van der Waals surface area contributed by atoms with Crippen LogP contribution in [0.4, 0.5) is 0 Å². The lowest BCUT2D eigenvalue weighted by atomic mass is 10.3. The molecule has 0 radical (unpaired) electrons. The van der Waals surface area contributed by atoms with Crippen LogP contribution in [0.5, 0.6) is 0 Å². The summed E-state index contributed by atoms with van der Waals surface area (Å²) < 4.78 is 5.33. The van der Waals surface area contributed by atoms with E-state index in [-0.39, 0.29) is 11.9 Å². The first-order chi connectivity index (χ1) is 5.74. The molecule has 70 valence electrons. The van der Waals surface area contributed by atoms with Gasteiger partial charge in [-0.15, -0.1) is 0 Å². The van der Waals surface area contributed by atoms with Crippen molar-refractivity contribution >= 4 is 5.84 Å². The van der Waals surface area contributed by atoms with Crippen molar-refractivity contribution in [2.45, 2.75) is 32.3 Å². The first kappa shape index (κ1) is 9.32. The van der Waals surface area contributed by atoms with Crippen molar-refractivity contribution in [1.82, 2.24) is 0 Å². The lowest BCUT2D eigenvalue weighted by Gasteiger charge is -2.10. The van der Waals surface area contributed by atoms with E-state index in [9.17, 15) is 0 Å². The minimum atomic E-state index is -0.270. The second-order valence-corrected chi connectivity index (χ2v) is 3.27. The average Bonchev–Trinajstić information content (AvgIpc) is 2.86. The van der Waals surface area contributed by atoms with Gasteiger partial charge >= 0.3 is 0 Å². The molecule has 0 spiro atoms. The summed E-state index contributed by atoms with van der Waals surface area (Å²) in [5.74, 6) is 1.01. The molecule has 0 amide bonds. The third kappa shape index (κ3) is 3.09. The lowest BCUT2D eigenvalue weighted by Crippen LogP contribution is -2.29. The van der Waals surface area contributed by atoms with Crippen molar-refractivity contribution in [2.75, 3.05) is 6.61 Å². The summed E-state index contributed by atoms with van der Waals surface area (Å²) in [6, 6.07) is 0. The van der Waals surface area contributed by atoms with E-state index in [2.05, 4.69) is 5.16 Å². The van der Waals surface area contributed by atoms with Gasteiger partial charge < -0.3 is 15.7 Å². The van der Waals surface area contributed by atoms with E-state index in [1.807, 2.05) is 0 Å². The van der Waals surface area contributed by atoms with E-state index in [1.54, 1.807) is 6.92 Å². The largest absolute Gasteiger partial charge is 0.409 e. The molecular weight excluding hydrogens is 156 g/mol. The van der Waals surface area contributed by atoms with Crippen LogP contribution in [0.2, 0.25) is 0 Å². The maximum atomic E-state index is 8.31. The Morgan fingerprint density at radius 3 is 2.92 bits per heavy atom. The first-order valence-corrected chi connectivity index (χ1v) is 4.33. The zero-order chi connectivity index (χ0) is 8.97. The summed E-state index contributed by atoms with van der Waals surface area (Å²) >= 11 is 0. The summed E-state index contributed by atoms with van der Waals surface area (Å²) in [4.78, 5) is 0. The first-order valence-electron chi connectivity index (χ1n) is 4.33. The van der Waals surface area contributed by atoms with Crippen LogP contribution in [0.1, 0.15) is 26.2 Å². The number of rotatable bonds is 5. The molecule has 0 bridgehead atoms. The summed E-state index contributed by atoms with van der Waals surface area (Å²) in [6.45, 7) is 2.49. The van der Waals surface area contributed by atoms with Crippen molar-refractivity contribution in [3.05, 3.63) is 0 Å². The summed E-state index contributed by atoms with van der Waals surface area (Å²) in [5.41, 5.74) is 5.32. The Morgan fingerprint density at radius 1 is 1.75 bits per heavy atom. The van der Waals surface area contributed by atoms with Gasteiger partial charge in [-0.3, -0.25) is 0 Å². The fourth-order valence-electron chi connectivity index (χ4n) is 0.985. The fraction of sp³-hybridized carbons (Fsp3) is 0.875. The third-order valence-corrected chi connectivity index (χ3v) is 2.12. The van der Waals surface area contributed by atoms with Crippen molar-refractivity contribution in [3.63, 3.8) is 0 Å². The third-order valence-electron chi connectivity index (χ3n) is 2.12. The predicted octanol–water partition coefficient (Wildman–Crippen LogP) is 0.938. The van der Waals surface area contributed by atoms with Crippen molar-refractivity contribution in [1.29, 1.82) is 0 Å². The van der Waals surface area contributed by atoms with E-state index >= 15 is 0 Å². The topological polar surface area (TPSA) is 67.8 Å². The maximum absolute atomic E-state index is 8.31. The van der Waals surface area contributed by atoms with Crippen molar-refractivity contribution in [3.8, 4) is 0 Å². The normalized spacial score (nSPS) is 20.9. The van der Waals surface area contributed by atoms with Gasteiger partial charge in [-0.1, -0.05) is 18.0 Å². The van der Waals surface area contributed by atoms with Crippen molar-refractivity contribution in [2.24, 2.45) is 16.8 Å². The summed E-state index contributed by atoms with van der Waals surface area (Å²) in [7, 11) is 0. The highest BCUT2D eigenvalue weighted by Gasteiger charge is 2.21. The molecule has 1 aliphatic rings. The molecule has 1 saturated carbocycles. The second-order valence-electron chi connectivity index (χ2n) is 3.27. The molecule has 1 rings (SSSR count). The zero-order valence-electron chi connectivity index (χ0n) is 7.36. The molecule has 0 aromatic heterocycles. The van der Waals surface area contributed by atoms with E-state index in [0.717, 1.165) is 12.3 Å². The molecule has 3 N–H and O–H groups in total. The zero-order valence-corrected chi connectivity index (χ0v) is 7.36. The molecule has 0 heterocycles. The number of oxime groups is 1. The molecule has 0 aromatic carbocycles. The van der Waals surface area contributed by atoms with Gasteiger partial charge in [-0.25, -0.2) is 0 Å². The molecule has 1 aliphatic carbocycles. The van der Waals surface area contributed by atoms with Crippen LogP contribution in [0.15, 0.2) is 5.16 Å². The molecule has 1 fully saturated rings. The molecule has 0 aliphatic heterocycles. The number of hydrogen-bond donors (Lipinski definition) is 2. The highest BCUT2D eigenvalue weighted by Crippen LogP contribution is 2.32. The van der Waals surface area contributed by atoms with Gasteiger partial charge in [0.25, 0.3) is 0 Å². The van der Waals surface area contributed by atoms with Gasteiger partial charge in [0.05, 0.1) is 0 Å². The van der Waals surface area contributed by atoms with Crippen LogP contribution in [0, 0.1) is 5.92 Å². The van der Waals surface area contributed by atoms with Crippen LogP contribution in [0.25, 0.3) is 0 Å². The Balaban J connectivity index is 2.04. The number of amidine groups is 1.